The number of sulfonamides is 1. The van der Waals surface area contributed by atoms with Crippen LogP contribution in [0.4, 0.5) is 5.69 Å². The molecular formula is C20H22N3O3S2+. The van der Waals surface area contributed by atoms with E-state index >= 15 is 0 Å². The highest BCUT2D eigenvalue weighted by molar-refractivity contribution is 7.91. The van der Waals surface area contributed by atoms with Gasteiger partial charge in [0.15, 0.2) is 6.54 Å². The Morgan fingerprint density at radius 1 is 1.04 bits per heavy atom. The molecular weight excluding hydrogens is 394 g/mol. The Labute approximate surface area is 168 Å². The number of amides is 1. The van der Waals surface area contributed by atoms with Crippen molar-refractivity contribution in [1.29, 1.82) is 0 Å². The molecule has 1 saturated heterocycles. The highest BCUT2D eigenvalue weighted by atomic mass is 32.2. The first-order valence-electron chi connectivity index (χ1n) is 9.18. The molecule has 28 heavy (non-hydrogen) atoms. The molecule has 0 radical (unpaired) electrons. The molecule has 3 aromatic rings. The molecule has 1 aliphatic rings. The molecule has 8 heteroatoms. The van der Waals surface area contributed by atoms with Gasteiger partial charge in [-0.1, -0.05) is 36.4 Å². The smallest absolute Gasteiger partial charge is 0.279 e. The van der Waals surface area contributed by atoms with E-state index in [9.17, 15) is 13.2 Å². The van der Waals surface area contributed by atoms with E-state index in [1.165, 1.54) is 15.6 Å². The van der Waals surface area contributed by atoms with E-state index in [2.05, 4.69) is 5.32 Å². The van der Waals surface area contributed by atoms with Crippen molar-refractivity contribution in [3.8, 4) is 0 Å². The van der Waals surface area contributed by atoms with Crippen molar-refractivity contribution >= 4 is 43.7 Å². The number of carbonyl (C=O) groups excluding carboxylic acids is 1. The molecule has 1 aromatic heterocycles. The summed E-state index contributed by atoms with van der Waals surface area (Å²) in [4.78, 5) is 13.5. The molecule has 1 fully saturated rings. The minimum atomic E-state index is -3.40. The Balaban J connectivity index is 1.32. The normalized spacial score (nSPS) is 16.3. The molecule has 0 atom stereocenters. The number of fused-ring (bicyclic) bond motifs is 1. The standard InChI is InChI=1S/C20H21N3O3S2/c24-19(21-18-8-7-16-4-1-2-5-17(16)14-18)15-22-9-11-23(12-10-22)28(25,26)20-6-3-13-27-20/h1-8,13-14H,9-12,15H2,(H,21,24)/p+1. The fourth-order valence-electron chi connectivity index (χ4n) is 3.46. The largest absolute Gasteiger partial charge is 0.325 e. The lowest BCUT2D eigenvalue weighted by Gasteiger charge is -2.30. The minimum Gasteiger partial charge on any atom is -0.325 e. The van der Waals surface area contributed by atoms with E-state index in [1.54, 1.807) is 17.5 Å². The molecule has 1 amide bonds. The Morgan fingerprint density at radius 2 is 1.79 bits per heavy atom. The van der Waals surface area contributed by atoms with Gasteiger partial charge in [-0.15, -0.1) is 11.3 Å². The number of quaternary nitrogens is 1. The van der Waals surface area contributed by atoms with Crippen LogP contribution >= 0.6 is 11.3 Å². The predicted octanol–water partition coefficient (Wildman–Crippen LogP) is 1.43. The Hall–Kier alpha value is -2.26. The Morgan fingerprint density at radius 3 is 2.50 bits per heavy atom. The summed E-state index contributed by atoms with van der Waals surface area (Å²) in [6, 6.07) is 17.3. The molecule has 0 aliphatic carbocycles. The quantitative estimate of drug-likeness (QED) is 0.661. The van der Waals surface area contributed by atoms with Crippen LogP contribution in [0.15, 0.2) is 64.2 Å². The fourth-order valence-corrected chi connectivity index (χ4v) is 6.04. The second-order valence-corrected chi connectivity index (χ2v) is 9.99. The van der Waals surface area contributed by atoms with Gasteiger partial charge < -0.3 is 10.2 Å². The molecule has 2 heterocycles. The van der Waals surface area contributed by atoms with Crippen molar-refractivity contribution in [2.24, 2.45) is 0 Å². The van der Waals surface area contributed by atoms with Crippen LogP contribution in [0.2, 0.25) is 0 Å². The van der Waals surface area contributed by atoms with Gasteiger partial charge in [0, 0.05) is 5.69 Å². The van der Waals surface area contributed by atoms with E-state index in [0.29, 0.717) is 36.9 Å². The number of anilines is 1. The SMILES string of the molecule is O=C(C[NH+]1CCN(S(=O)(=O)c2cccs2)CC1)Nc1ccc2ccccc2c1. The van der Waals surface area contributed by atoms with E-state index in [4.69, 9.17) is 0 Å². The second kappa shape index (κ2) is 8.00. The lowest BCUT2D eigenvalue weighted by Crippen LogP contribution is -3.15. The van der Waals surface area contributed by atoms with Crippen LogP contribution in [0.1, 0.15) is 0 Å². The Bertz CT molecular complexity index is 1070. The minimum absolute atomic E-state index is 0.0557. The molecule has 0 spiro atoms. The number of benzene rings is 2. The number of nitrogens with one attached hydrogen (secondary N) is 2. The summed E-state index contributed by atoms with van der Waals surface area (Å²) in [7, 11) is -3.40. The zero-order valence-electron chi connectivity index (χ0n) is 15.3. The maximum atomic E-state index is 12.6. The number of rotatable bonds is 5. The second-order valence-electron chi connectivity index (χ2n) is 6.87. The molecule has 6 nitrogen and oxygen atoms in total. The zero-order chi connectivity index (χ0) is 19.6. The van der Waals surface area contributed by atoms with Crippen LogP contribution in [0.3, 0.4) is 0 Å². The van der Waals surface area contributed by atoms with E-state index < -0.39 is 10.0 Å². The molecule has 2 N–H and O–H groups in total. The zero-order valence-corrected chi connectivity index (χ0v) is 16.9. The number of piperazine rings is 1. The van der Waals surface area contributed by atoms with Gasteiger partial charge in [-0.3, -0.25) is 4.79 Å². The van der Waals surface area contributed by atoms with Gasteiger partial charge in [-0.05, 0) is 34.4 Å². The highest BCUT2D eigenvalue weighted by Crippen LogP contribution is 2.21. The summed E-state index contributed by atoms with van der Waals surface area (Å²) < 4.78 is 27.0. The molecule has 0 bridgehead atoms. The van der Waals surface area contributed by atoms with Crippen molar-refractivity contribution in [2.45, 2.75) is 4.21 Å². The Kier molecular flexibility index (Phi) is 5.45. The maximum Gasteiger partial charge on any atom is 0.279 e. The van der Waals surface area contributed by atoms with Gasteiger partial charge in [0.1, 0.15) is 4.21 Å². The summed E-state index contributed by atoms with van der Waals surface area (Å²) in [5, 5.41) is 6.94. The van der Waals surface area contributed by atoms with Crippen molar-refractivity contribution in [1.82, 2.24) is 4.31 Å². The summed E-state index contributed by atoms with van der Waals surface area (Å²) >= 11 is 1.24. The first-order chi connectivity index (χ1) is 13.5. The third-order valence-electron chi connectivity index (χ3n) is 4.96. The number of carbonyl (C=O) groups is 1. The van der Waals surface area contributed by atoms with Crippen molar-refractivity contribution in [2.75, 3.05) is 38.0 Å². The number of hydrogen-bond acceptors (Lipinski definition) is 4. The first kappa shape index (κ1) is 19.1. The van der Waals surface area contributed by atoms with E-state index in [-0.39, 0.29) is 5.91 Å². The van der Waals surface area contributed by atoms with Gasteiger partial charge in [-0.25, -0.2) is 8.42 Å². The van der Waals surface area contributed by atoms with Crippen LogP contribution in [-0.4, -0.2) is 51.4 Å². The lowest BCUT2D eigenvalue weighted by atomic mass is 10.1. The van der Waals surface area contributed by atoms with Crippen LogP contribution in [-0.2, 0) is 14.8 Å². The summed E-state index contributed by atoms with van der Waals surface area (Å²) in [5.74, 6) is -0.0557. The number of thiophene rings is 1. The van der Waals surface area contributed by atoms with Crippen molar-refractivity contribution in [3.63, 3.8) is 0 Å². The number of hydrogen-bond donors (Lipinski definition) is 2. The average Bonchev–Trinajstić information content (AvgIpc) is 3.24. The van der Waals surface area contributed by atoms with Crippen molar-refractivity contribution in [3.05, 3.63) is 60.0 Å². The summed E-state index contributed by atoms with van der Waals surface area (Å²) in [5.41, 5.74) is 0.780. The van der Waals surface area contributed by atoms with E-state index in [1.807, 2.05) is 42.5 Å². The van der Waals surface area contributed by atoms with Gasteiger partial charge in [0.25, 0.3) is 15.9 Å². The summed E-state index contributed by atoms with van der Waals surface area (Å²) in [6.07, 6.45) is 0. The van der Waals surface area contributed by atoms with Gasteiger partial charge in [0.2, 0.25) is 0 Å². The first-order valence-corrected chi connectivity index (χ1v) is 11.5. The molecule has 0 saturated carbocycles. The highest BCUT2D eigenvalue weighted by Gasteiger charge is 2.31. The summed E-state index contributed by atoms with van der Waals surface area (Å²) in [6.45, 7) is 2.43. The monoisotopic (exact) mass is 416 g/mol. The van der Waals surface area contributed by atoms with Crippen LogP contribution in [0.5, 0.6) is 0 Å². The number of nitrogens with zero attached hydrogens (tertiary/aromatic N) is 1. The molecule has 4 rings (SSSR count). The third kappa shape index (κ3) is 4.10. The van der Waals surface area contributed by atoms with Gasteiger partial charge >= 0.3 is 0 Å². The molecule has 2 aromatic carbocycles. The van der Waals surface area contributed by atoms with Crippen LogP contribution in [0.25, 0.3) is 10.8 Å². The van der Waals surface area contributed by atoms with Crippen molar-refractivity contribution < 1.29 is 18.1 Å². The maximum absolute atomic E-state index is 12.6. The van der Waals surface area contributed by atoms with Crippen LogP contribution < -0.4 is 10.2 Å². The van der Waals surface area contributed by atoms with Gasteiger partial charge in [-0.2, -0.15) is 4.31 Å². The fraction of sp³-hybridized carbons (Fsp3) is 0.250. The lowest BCUT2D eigenvalue weighted by molar-refractivity contribution is -0.895. The average molecular weight is 417 g/mol. The molecule has 0 unspecified atom stereocenters. The van der Waals surface area contributed by atoms with E-state index in [0.717, 1.165) is 21.4 Å². The van der Waals surface area contributed by atoms with Gasteiger partial charge in [0.05, 0.1) is 26.2 Å². The molecule has 1 aliphatic heterocycles. The third-order valence-corrected chi connectivity index (χ3v) is 8.23. The molecule has 146 valence electrons. The predicted molar refractivity (Wildman–Crippen MR) is 111 cm³/mol. The van der Waals surface area contributed by atoms with Crippen LogP contribution in [0, 0.1) is 0 Å². The topological polar surface area (TPSA) is 70.9 Å².